The van der Waals surface area contributed by atoms with Crippen LogP contribution in [0.15, 0.2) is 36.9 Å². The molecule has 0 bridgehead atoms. The standard InChI is InChI=1S/C20H22ClN7O/c1-10-6-16(11(2)5-14(10)17-9-29-13(4)23-17)24-20-22-8-15(21)19(26-20)25-18-7-12(3)27-28-18/h5-8,17,23H,4,9H2,1-3H3,(H3,22,24,25,26,27,28)/t17-/m0/s1. The van der Waals surface area contributed by atoms with Gasteiger partial charge in [-0.1, -0.05) is 17.7 Å². The van der Waals surface area contributed by atoms with Crippen molar-refractivity contribution >= 4 is 34.9 Å². The van der Waals surface area contributed by atoms with Crippen LogP contribution in [-0.2, 0) is 4.74 Å². The molecule has 0 radical (unpaired) electrons. The molecule has 0 spiro atoms. The highest BCUT2D eigenvalue weighted by molar-refractivity contribution is 6.32. The van der Waals surface area contributed by atoms with E-state index in [4.69, 9.17) is 16.3 Å². The van der Waals surface area contributed by atoms with Gasteiger partial charge >= 0.3 is 0 Å². The number of halogens is 1. The Bertz CT molecular complexity index is 1080. The third kappa shape index (κ3) is 4.12. The minimum atomic E-state index is 0.107. The Labute approximate surface area is 173 Å². The largest absolute Gasteiger partial charge is 0.477 e. The fourth-order valence-electron chi connectivity index (χ4n) is 3.22. The van der Waals surface area contributed by atoms with Gasteiger partial charge in [-0.25, -0.2) is 4.98 Å². The molecular weight excluding hydrogens is 390 g/mol. The van der Waals surface area contributed by atoms with E-state index in [0.29, 0.717) is 35.1 Å². The van der Waals surface area contributed by atoms with Crippen LogP contribution in [0.2, 0.25) is 5.02 Å². The summed E-state index contributed by atoms with van der Waals surface area (Å²) in [5.74, 6) is 2.16. The number of H-pyrrole nitrogens is 1. The summed E-state index contributed by atoms with van der Waals surface area (Å²) in [6.07, 6.45) is 1.56. The third-order valence-corrected chi connectivity index (χ3v) is 4.97. The van der Waals surface area contributed by atoms with Gasteiger partial charge in [0.25, 0.3) is 0 Å². The highest BCUT2D eigenvalue weighted by atomic mass is 35.5. The Morgan fingerprint density at radius 2 is 2.00 bits per heavy atom. The first kappa shape index (κ1) is 19.1. The lowest BCUT2D eigenvalue weighted by Crippen LogP contribution is -2.15. The fraction of sp³-hybridized carbons (Fsp3) is 0.250. The number of benzene rings is 1. The molecule has 1 aromatic carbocycles. The number of aromatic amines is 1. The predicted molar refractivity (Wildman–Crippen MR) is 114 cm³/mol. The summed E-state index contributed by atoms with van der Waals surface area (Å²) < 4.78 is 5.45. The van der Waals surface area contributed by atoms with Gasteiger partial charge in [-0.05, 0) is 50.1 Å². The van der Waals surface area contributed by atoms with Gasteiger partial charge in [-0.2, -0.15) is 10.1 Å². The minimum absolute atomic E-state index is 0.107. The van der Waals surface area contributed by atoms with Gasteiger partial charge in [0, 0.05) is 17.4 Å². The number of nitrogens with one attached hydrogen (secondary N) is 4. The quantitative estimate of drug-likeness (QED) is 0.493. The van der Waals surface area contributed by atoms with Crippen LogP contribution in [0.25, 0.3) is 0 Å². The molecule has 150 valence electrons. The number of anilines is 4. The second-order valence-corrected chi connectivity index (χ2v) is 7.44. The lowest BCUT2D eigenvalue weighted by molar-refractivity contribution is 0.256. The van der Waals surface area contributed by atoms with Crippen LogP contribution in [0.5, 0.6) is 0 Å². The van der Waals surface area contributed by atoms with Crippen molar-refractivity contribution in [2.75, 3.05) is 17.2 Å². The summed E-state index contributed by atoms with van der Waals surface area (Å²) in [4.78, 5) is 8.78. The van der Waals surface area contributed by atoms with Crippen LogP contribution in [0, 0.1) is 20.8 Å². The van der Waals surface area contributed by atoms with Crippen LogP contribution >= 0.6 is 11.6 Å². The third-order valence-electron chi connectivity index (χ3n) is 4.69. The summed E-state index contributed by atoms with van der Waals surface area (Å²) in [5, 5.41) is 17.1. The van der Waals surface area contributed by atoms with Crippen molar-refractivity contribution in [2.24, 2.45) is 0 Å². The molecule has 4 N–H and O–H groups in total. The van der Waals surface area contributed by atoms with Gasteiger partial charge in [0.15, 0.2) is 17.5 Å². The minimum Gasteiger partial charge on any atom is -0.477 e. The van der Waals surface area contributed by atoms with Crippen molar-refractivity contribution in [3.05, 3.63) is 64.3 Å². The van der Waals surface area contributed by atoms with Crippen LogP contribution in [0.1, 0.15) is 28.4 Å². The van der Waals surface area contributed by atoms with Crippen molar-refractivity contribution in [1.82, 2.24) is 25.5 Å². The fourth-order valence-corrected chi connectivity index (χ4v) is 3.35. The van der Waals surface area contributed by atoms with Gasteiger partial charge in [0.1, 0.15) is 11.6 Å². The predicted octanol–water partition coefficient (Wildman–Crippen LogP) is 4.40. The maximum absolute atomic E-state index is 6.24. The van der Waals surface area contributed by atoms with E-state index in [-0.39, 0.29) is 6.04 Å². The summed E-state index contributed by atoms with van der Waals surface area (Å²) in [7, 11) is 0. The molecule has 9 heteroatoms. The first-order chi connectivity index (χ1) is 13.9. The average Bonchev–Trinajstić information content (AvgIpc) is 3.29. The highest BCUT2D eigenvalue weighted by Gasteiger charge is 2.22. The van der Waals surface area contributed by atoms with Crippen molar-refractivity contribution in [2.45, 2.75) is 26.8 Å². The normalized spacial score (nSPS) is 15.7. The zero-order chi connectivity index (χ0) is 20.5. The molecule has 4 rings (SSSR count). The molecule has 2 aromatic heterocycles. The molecule has 8 nitrogen and oxygen atoms in total. The van der Waals surface area contributed by atoms with Gasteiger partial charge in [-0.15, -0.1) is 0 Å². The number of ether oxygens (including phenoxy) is 1. The summed E-state index contributed by atoms with van der Waals surface area (Å²) in [6, 6.07) is 6.19. The summed E-state index contributed by atoms with van der Waals surface area (Å²) in [6.45, 7) is 10.4. The first-order valence-electron chi connectivity index (χ1n) is 9.17. The van der Waals surface area contributed by atoms with E-state index >= 15 is 0 Å². The maximum atomic E-state index is 6.24. The van der Waals surface area contributed by atoms with Gasteiger partial charge in [0.2, 0.25) is 5.95 Å². The number of nitrogens with zero attached hydrogens (tertiary/aromatic N) is 3. The Morgan fingerprint density at radius 1 is 1.17 bits per heavy atom. The van der Waals surface area contributed by atoms with E-state index in [1.807, 2.05) is 19.9 Å². The molecule has 3 aromatic rings. The molecule has 0 unspecified atom stereocenters. The molecule has 29 heavy (non-hydrogen) atoms. The molecule has 1 aliphatic heterocycles. The Morgan fingerprint density at radius 3 is 2.69 bits per heavy atom. The van der Waals surface area contributed by atoms with E-state index in [0.717, 1.165) is 22.5 Å². The molecule has 1 atom stereocenters. The molecular formula is C20H22ClN7O. The van der Waals surface area contributed by atoms with Gasteiger partial charge < -0.3 is 20.7 Å². The Kier molecular flexibility index (Phi) is 5.02. The molecule has 1 saturated heterocycles. The van der Waals surface area contributed by atoms with E-state index in [9.17, 15) is 0 Å². The second-order valence-electron chi connectivity index (χ2n) is 7.03. The van der Waals surface area contributed by atoms with Crippen LogP contribution in [0.3, 0.4) is 0 Å². The van der Waals surface area contributed by atoms with Gasteiger partial charge in [-0.3, -0.25) is 5.10 Å². The number of aryl methyl sites for hydroxylation is 3. The lowest BCUT2D eigenvalue weighted by Gasteiger charge is -2.17. The van der Waals surface area contributed by atoms with Crippen molar-refractivity contribution in [3.63, 3.8) is 0 Å². The van der Waals surface area contributed by atoms with E-state index in [1.54, 1.807) is 6.20 Å². The molecule has 0 aliphatic carbocycles. The van der Waals surface area contributed by atoms with Crippen LogP contribution in [-0.4, -0.2) is 26.8 Å². The summed E-state index contributed by atoms with van der Waals surface area (Å²) in [5.41, 5.74) is 5.25. The first-order valence-corrected chi connectivity index (χ1v) is 9.55. The van der Waals surface area contributed by atoms with Crippen LogP contribution < -0.4 is 16.0 Å². The van der Waals surface area contributed by atoms with Gasteiger partial charge in [0.05, 0.1) is 12.2 Å². The van der Waals surface area contributed by atoms with E-state index < -0.39 is 0 Å². The van der Waals surface area contributed by atoms with Crippen molar-refractivity contribution < 1.29 is 4.74 Å². The average molecular weight is 412 g/mol. The highest BCUT2D eigenvalue weighted by Crippen LogP contribution is 2.30. The Hall–Kier alpha value is -3.26. The van der Waals surface area contributed by atoms with Crippen LogP contribution in [0.4, 0.5) is 23.3 Å². The van der Waals surface area contributed by atoms with E-state index in [1.165, 1.54) is 5.56 Å². The number of hydrogen-bond donors (Lipinski definition) is 4. The number of hydrogen-bond acceptors (Lipinski definition) is 7. The zero-order valence-corrected chi connectivity index (χ0v) is 17.2. The number of aromatic nitrogens is 4. The van der Waals surface area contributed by atoms with Crippen molar-refractivity contribution in [1.29, 1.82) is 0 Å². The van der Waals surface area contributed by atoms with E-state index in [2.05, 4.69) is 61.8 Å². The Balaban J connectivity index is 1.56. The molecule has 1 fully saturated rings. The smallest absolute Gasteiger partial charge is 0.229 e. The summed E-state index contributed by atoms with van der Waals surface area (Å²) >= 11 is 6.24. The zero-order valence-electron chi connectivity index (χ0n) is 16.4. The topological polar surface area (TPSA) is 99.8 Å². The maximum Gasteiger partial charge on any atom is 0.229 e. The van der Waals surface area contributed by atoms with Crippen molar-refractivity contribution in [3.8, 4) is 0 Å². The molecule has 0 saturated carbocycles. The second kappa shape index (κ2) is 7.63. The lowest BCUT2D eigenvalue weighted by atomic mass is 9.98. The molecule has 1 aliphatic rings. The molecule has 0 amide bonds. The molecule has 3 heterocycles. The monoisotopic (exact) mass is 411 g/mol. The SMILES string of the molecule is C=C1N[C@H](c2cc(C)c(Nc3ncc(Cl)c(Nc4cc(C)[nH]n4)n3)cc2C)CO1. The number of rotatable bonds is 5.